The van der Waals surface area contributed by atoms with Crippen LogP contribution in [0.15, 0.2) is 0 Å². The number of carbonyl (C=O) groups is 4. The van der Waals surface area contributed by atoms with Crippen LogP contribution in [0.1, 0.15) is 59.8 Å². The summed E-state index contributed by atoms with van der Waals surface area (Å²) in [6.45, 7) is 8.04. The van der Waals surface area contributed by atoms with Gasteiger partial charge in [-0.25, -0.2) is 0 Å². The lowest BCUT2D eigenvalue weighted by atomic mass is 9.77. The lowest BCUT2D eigenvalue weighted by molar-refractivity contribution is -0.139. The lowest BCUT2D eigenvalue weighted by Gasteiger charge is -2.30. The van der Waals surface area contributed by atoms with Crippen molar-refractivity contribution in [3.8, 4) is 0 Å². The van der Waals surface area contributed by atoms with E-state index in [1.54, 1.807) is 0 Å². The molecule has 1 heterocycles. The minimum absolute atomic E-state index is 0.0467. The van der Waals surface area contributed by atoms with Gasteiger partial charge < -0.3 is 0 Å². The first kappa shape index (κ1) is 21.1. The summed E-state index contributed by atoms with van der Waals surface area (Å²) >= 11 is 1.30. The molecule has 26 heavy (non-hydrogen) atoms. The highest BCUT2D eigenvalue weighted by Crippen LogP contribution is 2.33. The SMILES string of the molecule is CC(C)C(=O)CSC1CC(=O)N(CC2CCC(C(=O)C(C)C)CC2)C1=O. The second-order valence-electron chi connectivity index (χ2n) is 8.24. The van der Waals surface area contributed by atoms with Gasteiger partial charge in [0.2, 0.25) is 11.8 Å². The fourth-order valence-electron chi connectivity index (χ4n) is 3.68. The molecule has 0 radical (unpaired) electrons. The summed E-state index contributed by atoms with van der Waals surface area (Å²) in [7, 11) is 0. The Morgan fingerprint density at radius 1 is 1.04 bits per heavy atom. The van der Waals surface area contributed by atoms with Crippen molar-refractivity contribution >= 4 is 35.1 Å². The Bertz CT molecular complexity index is 564. The Labute approximate surface area is 160 Å². The van der Waals surface area contributed by atoms with Crippen LogP contribution in [0.2, 0.25) is 0 Å². The van der Waals surface area contributed by atoms with Crippen LogP contribution in [0.3, 0.4) is 0 Å². The molecule has 1 atom stereocenters. The molecule has 2 rings (SSSR count). The number of amides is 2. The smallest absolute Gasteiger partial charge is 0.242 e. The van der Waals surface area contributed by atoms with E-state index in [9.17, 15) is 19.2 Å². The van der Waals surface area contributed by atoms with E-state index in [1.165, 1.54) is 16.7 Å². The van der Waals surface area contributed by atoms with Gasteiger partial charge >= 0.3 is 0 Å². The van der Waals surface area contributed by atoms with Crippen LogP contribution >= 0.6 is 11.8 Å². The standard InChI is InChI=1S/C20H31NO4S/c1-12(2)16(22)11-26-17-9-18(23)21(20(17)25)10-14-5-7-15(8-6-14)19(24)13(3)4/h12-15,17H,5-11H2,1-4H3. The normalized spacial score (nSPS) is 26.8. The van der Waals surface area contributed by atoms with Gasteiger partial charge in [0.25, 0.3) is 0 Å². The molecule has 0 spiro atoms. The molecule has 2 amide bonds. The van der Waals surface area contributed by atoms with Crippen LogP contribution in [0, 0.1) is 23.7 Å². The Balaban J connectivity index is 1.83. The van der Waals surface area contributed by atoms with Gasteiger partial charge in [0, 0.05) is 30.7 Å². The van der Waals surface area contributed by atoms with Gasteiger partial charge in [0.05, 0.1) is 11.0 Å². The Morgan fingerprint density at radius 2 is 1.65 bits per heavy atom. The number of hydrogen-bond donors (Lipinski definition) is 0. The molecule has 1 aliphatic heterocycles. The molecule has 146 valence electrons. The largest absolute Gasteiger partial charge is 0.299 e. The van der Waals surface area contributed by atoms with Crippen molar-refractivity contribution in [1.29, 1.82) is 0 Å². The molecular weight excluding hydrogens is 350 g/mol. The summed E-state index contributed by atoms with van der Waals surface area (Å²) in [6.07, 6.45) is 3.71. The van der Waals surface area contributed by atoms with Gasteiger partial charge in [0.15, 0.2) is 0 Å². The highest BCUT2D eigenvalue weighted by molar-refractivity contribution is 8.01. The zero-order chi connectivity index (χ0) is 19.4. The van der Waals surface area contributed by atoms with E-state index in [-0.39, 0.29) is 47.5 Å². The molecule has 2 fully saturated rings. The van der Waals surface area contributed by atoms with Crippen molar-refractivity contribution in [2.45, 2.75) is 65.0 Å². The predicted molar refractivity (Wildman–Crippen MR) is 103 cm³/mol. The molecule has 2 aliphatic rings. The molecular formula is C20H31NO4S. The second-order valence-corrected chi connectivity index (χ2v) is 9.43. The molecule has 1 unspecified atom stereocenters. The summed E-state index contributed by atoms with van der Waals surface area (Å²) in [4.78, 5) is 50.1. The van der Waals surface area contributed by atoms with E-state index >= 15 is 0 Å². The molecule has 6 heteroatoms. The lowest BCUT2D eigenvalue weighted by Crippen LogP contribution is -2.37. The minimum atomic E-state index is -0.413. The monoisotopic (exact) mass is 381 g/mol. The number of likely N-dealkylation sites (tertiary alicyclic amines) is 1. The van der Waals surface area contributed by atoms with Gasteiger partial charge in [-0.3, -0.25) is 24.1 Å². The quantitative estimate of drug-likeness (QED) is 0.604. The van der Waals surface area contributed by atoms with E-state index in [2.05, 4.69) is 0 Å². The molecule has 0 aromatic carbocycles. The first-order valence-electron chi connectivity index (χ1n) is 9.73. The van der Waals surface area contributed by atoms with E-state index in [4.69, 9.17) is 0 Å². The second kappa shape index (κ2) is 9.16. The maximum Gasteiger partial charge on any atom is 0.242 e. The maximum atomic E-state index is 12.6. The van der Waals surface area contributed by atoms with E-state index < -0.39 is 5.25 Å². The molecule has 1 saturated carbocycles. The third kappa shape index (κ3) is 5.18. The van der Waals surface area contributed by atoms with E-state index in [1.807, 2.05) is 27.7 Å². The summed E-state index contributed by atoms with van der Waals surface area (Å²) in [5.41, 5.74) is 0. The van der Waals surface area contributed by atoms with Crippen molar-refractivity contribution in [1.82, 2.24) is 4.90 Å². The van der Waals surface area contributed by atoms with Crippen LogP contribution in [-0.2, 0) is 19.2 Å². The summed E-state index contributed by atoms with van der Waals surface area (Å²) in [5, 5.41) is -0.413. The Morgan fingerprint density at radius 3 is 2.19 bits per heavy atom. The molecule has 1 saturated heterocycles. The summed E-state index contributed by atoms with van der Waals surface area (Å²) in [6, 6.07) is 0. The van der Waals surface area contributed by atoms with Crippen molar-refractivity contribution in [2.24, 2.45) is 23.7 Å². The van der Waals surface area contributed by atoms with Gasteiger partial charge in [-0.1, -0.05) is 27.7 Å². The average Bonchev–Trinajstić information content (AvgIpc) is 2.87. The highest BCUT2D eigenvalue weighted by atomic mass is 32.2. The molecule has 0 bridgehead atoms. The number of carbonyl (C=O) groups excluding carboxylic acids is 4. The predicted octanol–water partition coefficient (Wildman–Crippen LogP) is 3.10. The summed E-state index contributed by atoms with van der Waals surface area (Å²) < 4.78 is 0. The molecule has 0 aromatic rings. The van der Waals surface area contributed by atoms with Gasteiger partial charge in [-0.15, -0.1) is 11.8 Å². The Hall–Kier alpha value is -1.17. The van der Waals surface area contributed by atoms with Crippen molar-refractivity contribution < 1.29 is 19.2 Å². The van der Waals surface area contributed by atoms with Crippen LogP contribution < -0.4 is 0 Å². The fourth-order valence-corrected chi connectivity index (χ4v) is 4.91. The topological polar surface area (TPSA) is 71.5 Å². The van der Waals surface area contributed by atoms with E-state index in [0.717, 1.165) is 25.7 Å². The van der Waals surface area contributed by atoms with Crippen LogP contribution in [-0.4, -0.2) is 45.8 Å². The molecule has 5 nitrogen and oxygen atoms in total. The van der Waals surface area contributed by atoms with Crippen molar-refractivity contribution in [3.05, 3.63) is 0 Å². The van der Waals surface area contributed by atoms with Gasteiger partial charge in [-0.05, 0) is 31.6 Å². The van der Waals surface area contributed by atoms with Crippen LogP contribution in [0.4, 0.5) is 0 Å². The average molecular weight is 382 g/mol. The molecule has 0 N–H and O–H groups in total. The maximum absolute atomic E-state index is 12.6. The Kier molecular flexibility index (Phi) is 7.44. The number of imide groups is 1. The molecule has 0 aromatic heterocycles. The minimum Gasteiger partial charge on any atom is -0.299 e. The number of thioether (sulfide) groups is 1. The first-order chi connectivity index (χ1) is 12.2. The van der Waals surface area contributed by atoms with Crippen LogP contribution in [0.5, 0.6) is 0 Å². The van der Waals surface area contributed by atoms with Crippen LogP contribution in [0.25, 0.3) is 0 Å². The fraction of sp³-hybridized carbons (Fsp3) is 0.800. The third-order valence-corrected chi connectivity index (χ3v) is 6.75. The van der Waals surface area contributed by atoms with Gasteiger partial charge in [-0.2, -0.15) is 0 Å². The van der Waals surface area contributed by atoms with Crippen molar-refractivity contribution in [3.63, 3.8) is 0 Å². The first-order valence-corrected chi connectivity index (χ1v) is 10.8. The summed E-state index contributed by atoms with van der Waals surface area (Å²) in [5.74, 6) is 0.935. The van der Waals surface area contributed by atoms with E-state index in [0.29, 0.717) is 18.2 Å². The zero-order valence-corrected chi connectivity index (χ0v) is 17.1. The number of hydrogen-bond acceptors (Lipinski definition) is 5. The highest BCUT2D eigenvalue weighted by Gasteiger charge is 2.40. The number of Topliss-reactive ketones (excluding diaryl/α,β-unsaturated/α-hetero) is 2. The van der Waals surface area contributed by atoms with Crippen molar-refractivity contribution in [2.75, 3.05) is 12.3 Å². The number of rotatable bonds is 8. The zero-order valence-electron chi connectivity index (χ0n) is 16.3. The number of ketones is 2. The third-order valence-electron chi connectivity index (χ3n) is 5.53. The molecule has 1 aliphatic carbocycles. The number of nitrogens with zero attached hydrogens (tertiary/aromatic N) is 1. The van der Waals surface area contributed by atoms with Gasteiger partial charge in [0.1, 0.15) is 11.6 Å².